The molecular formula is C36H50N4O4. The summed E-state index contributed by atoms with van der Waals surface area (Å²) in [6.07, 6.45) is -1.09. The van der Waals surface area contributed by atoms with Gasteiger partial charge in [-0.05, 0) is 49.2 Å². The monoisotopic (exact) mass is 602 g/mol. The molecule has 2 aliphatic rings. The Kier molecular flexibility index (Phi) is 12.1. The van der Waals surface area contributed by atoms with Crippen molar-refractivity contribution in [3.8, 4) is 11.5 Å². The van der Waals surface area contributed by atoms with Gasteiger partial charge in [0.25, 0.3) is 0 Å². The van der Waals surface area contributed by atoms with Crippen LogP contribution in [-0.2, 0) is 13.1 Å². The minimum atomic E-state index is -0.547. The van der Waals surface area contributed by atoms with Crippen molar-refractivity contribution in [2.75, 3.05) is 78.7 Å². The molecule has 3 aromatic carbocycles. The summed E-state index contributed by atoms with van der Waals surface area (Å²) in [5.74, 6) is 1.40. The molecule has 0 amide bonds. The fourth-order valence-corrected chi connectivity index (χ4v) is 5.88. The molecule has 5 rings (SSSR count). The highest BCUT2D eigenvalue weighted by Gasteiger charge is 2.21. The van der Waals surface area contributed by atoms with Crippen LogP contribution in [0.1, 0.15) is 22.3 Å². The second-order valence-corrected chi connectivity index (χ2v) is 12.5. The number of hydrogen-bond acceptors (Lipinski definition) is 8. The van der Waals surface area contributed by atoms with Gasteiger partial charge in [0, 0.05) is 78.5 Å². The van der Waals surface area contributed by atoms with Gasteiger partial charge in [-0.1, -0.05) is 59.7 Å². The highest BCUT2D eigenvalue weighted by atomic mass is 16.5. The Morgan fingerprint density at radius 2 is 0.818 bits per heavy atom. The minimum Gasteiger partial charge on any atom is -0.491 e. The van der Waals surface area contributed by atoms with Crippen molar-refractivity contribution < 1.29 is 19.7 Å². The van der Waals surface area contributed by atoms with Crippen LogP contribution >= 0.6 is 0 Å². The molecule has 2 unspecified atom stereocenters. The lowest BCUT2D eigenvalue weighted by atomic mass is 10.1. The maximum Gasteiger partial charge on any atom is 0.119 e. The zero-order chi connectivity index (χ0) is 30.7. The Labute approximate surface area is 263 Å². The van der Waals surface area contributed by atoms with E-state index < -0.39 is 12.2 Å². The Balaban J connectivity index is 0.926. The summed E-state index contributed by atoms with van der Waals surface area (Å²) in [5.41, 5.74) is 5.28. The van der Waals surface area contributed by atoms with Gasteiger partial charge in [0.2, 0.25) is 0 Å². The predicted octanol–water partition coefficient (Wildman–Crippen LogP) is 3.42. The number of piperazine rings is 2. The second kappa shape index (κ2) is 16.4. The number of rotatable bonds is 14. The largest absolute Gasteiger partial charge is 0.491 e. The molecule has 0 aromatic heterocycles. The van der Waals surface area contributed by atoms with E-state index in [1.165, 1.54) is 22.3 Å². The second-order valence-electron chi connectivity index (χ2n) is 12.5. The molecule has 0 bridgehead atoms. The number of nitrogens with zero attached hydrogens (tertiary/aromatic N) is 4. The van der Waals surface area contributed by atoms with E-state index in [9.17, 15) is 10.2 Å². The number of aryl methyl sites for hydroxylation is 2. The third-order valence-corrected chi connectivity index (χ3v) is 8.63. The lowest BCUT2D eigenvalue weighted by Crippen LogP contribution is -2.48. The van der Waals surface area contributed by atoms with Crippen LogP contribution in [-0.4, -0.2) is 121 Å². The normalized spacial score (nSPS) is 18.6. The maximum atomic E-state index is 10.6. The molecule has 2 heterocycles. The summed E-state index contributed by atoms with van der Waals surface area (Å²) in [4.78, 5) is 9.57. The van der Waals surface area contributed by atoms with Gasteiger partial charge in [0.15, 0.2) is 0 Å². The van der Waals surface area contributed by atoms with E-state index >= 15 is 0 Å². The first-order chi connectivity index (χ1) is 21.4. The van der Waals surface area contributed by atoms with Crippen LogP contribution in [0.25, 0.3) is 0 Å². The van der Waals surface area contributed by atoms with E-state index in [2.05, 4.69) is 82.0 Å². The van der Waals surface area contributed by atoms with Crippen LogP contribution < -0.4 is 9.47 Å². The highest BCUT2D eigenvalue weighted by molar-refractivity contribution is 5.31. The van der Waals surface area contributed by atoms with Gasteiger partial charge < -0.3 is 19.7 Å². The third-order valence-electron chi connectivity index (χ3n) is 8.63. The Morgan fingerprint density at radius 1 is 0.500 bits per heavy atom. The molecule has 2 N–H and O–H groups in total. The Hall–Kier alpha value is -2.98. The molecule has 8 nitrogen and oxygen atoms in total. The molecule has 3 aromatic rings. The first-order valence-corrected chi connectivity index (χ1v) is 16.1. The summed E-state index contributed by atoms with van der Waals surface area (Å²) in [5, 5.41) is 21.1. The van der Waals surface area contributed by atoms with Crippen molar-refractivity contribution >= 4 is 0 Å². The summed E-state index contributed by atoms with van der Waals surface area (Å²) in [6, 6.07) is 24.9. The first kappa shape index (κ1) is 32.4. The average Bonchev–Trinajstić information content (AvgIpc) is 3.04. The summed E-state index contributed by atoms with van der Waals surface area (Å²) < 4.78 is 11.7. The summed E-state index contributed by atoms with van der Waals surface area (Å²) in [7, 11) is 0. The van der Waals surface area contributed by atoms with Crippen LogP contribution in [0.4, 0.5) is 0 Å². The van der Waals surface area contributed by atoms with Gasteiger partial charge in [-0.3, -0.25) is 19.6 Å². The summed E-state index contributed by atoms with van der Waals surface area (Å²) in [6.45, 7) is 15.7. The van der Waals surface area contributed by atoms with Gasteiger partial charge in [-0.15, -0.1) is 0 Å². The van der Waals surface area contributed by atoms with E-state index in [1.54, 1.807) is 0 Å². The number of β-amino-alcohol motifs (C(OH)–C–C–N with tert-alkyl or cyclic N) is 2. The Morgan fingerprint density at radius 3 is 1.16 bits per heavy atom. The van der Waals surface area contributed by atoms with Crippen molar-refractivity contribution in [2.24, 2.45) is 0 Å². The van der Waals surface area contributed by atoms with Crippen molar-refractivity contribution in [2.45, 2.75) is 39.1 Å². The van der Waals surface area contributed by atoms with Gasteiger partial charge in [-0.25, -0.2) is 0 Å². The van der Waals surface area contributed by atoms with E-state index in [0.29, 0.717) is 24.6 Å². The molecular weight excluding hydrogens is 552 g/mol. The van der Waals surface area contributed by atoms with Gasteiger partial charge in [0.05, 0.1) is 0 Å². The van der Waals surface area contributed by atoms with Crippen LogP contribution in [0.5, 0.6) is 11.5 Å². The fourth-order valence-electron chi connectivity index (χ4n) is 5.88. The molecule has 0 spiro atoms. The zero-order valence-corrected chi connectivity index (χ0v) is 26.5. The summed E-state index contributed by atoms with van der Waals surface area (Å²) >= 11 is 0. The molecule has 8 heteroatoms. The van der Waals surface area contributed by atoms with Crippen molar-refractivity contribution in [3.63, 3.8) is 0 Å². The van der Waals surface area contributed by atoms with Gasteiger partial charge in [0.1, 0.15) is 36.9 Å². The van der Waals surface area contributed by atoms with E-state index in [0.717, 1.165) is 65.4 Å². The molecule has 0 radical (unpaired) electrons. The fraction of sp³-hybridized carbons (Fsp3) is 0.500. The van der Waals surface area contributed by atoms with Crippen LogP contribution in [0, 0.1) is 13.8 Å². The van der Waals surface area contributed by atoms with Crippen LogP contribution in [0.2, 0.25) is 0 Å². The lowest BCUT2D eigenvalue weighted by molar-refractivity contribution is 0.0437. The van der Waals surface area contributed by atoms with Gasteiger partial charge >= 0.3 is 0 Å². The topological polar surface area (TPSA) is 71.9 Å². The van der Waals surface area contributed by atoms with E-state index in [1.807, 2.05) is 24.3 Å². The standard InChI is InChI=1S/C36H50N4O4/c1-29-3-7-31(8-4-29)23-37-15-19-39(20-16-37)25-33(41)27-43-35-11-13-36(14-12-35)44-28-34(42)26-40-21-17-38(18-22-40)24-32-9-5-30(2)6-10-32/h3-14,33-34,41-42H,15-28H2,1-2H3. The molecule has 2 fully saturated rings. The molecule has 2 atom stereocenters. The molecule has 2 aliphatic heterocycles. The number of benzene rings is 3. The Bertz CT molecular complexity index is 1140. The number of aliphatic hydroxyl groups excluding tert-OH is 2. The van der Waals surface area contributed by atoms with E-state index in [-0.39, 0.29) is 13.2 Å². The van der Waals surface area contributed by atoms with Gasteiger partial charge in [-0.2, -0.15) is 0 Å². The van der Waals surface area contributed by atoms with E-state index in [4.69, 9.17) is 9.47 Å². The van der Waals surface area contributed by atoms with Crippen molar-refractivity contribution in [3.05, 3.63) is 95.1 Å². The minimum absolute atomic E-state index is 0.251. The van der Waals surface area contributed by atoms with Crippen LogP contribution in [0.15, 0.2) is 72.8 Å². The van der Waals surface area contributed by atoms with Crippen molar-refractivity contribution in [1.82, 2.24) is 19.6 Å². The molecule has 0 saturated carbocycles. The maximum absolute atomic E-state index is 10.6. The molecule has 0 aliphatic carbocycles. The quantitative estimate of drug-likeness (QED) is 0.291. The lowest BCUT2D eigenvalue weighted by Gasteiger charge is -2.35. The average molecular weight is 603 g/mol. The number of ether oxygens (including phenoxy) is 2. The molecule has 2 saturated heterocycles. The number of hydrogen-bond donors (Lipinski definition) is 2. The number of aliphatic hydroxyl groups is 2. The molecule has 44 heavy (non-hydrogen) atoms. The smallest absolute Gasteiger partial charge is 0.119 e. The van der Waals surface area contributed by atoms with Crippen LogP contribution in [0.3, 0.4) is 0 Å². The third kappa shape index (κ3) is 10.6. The SMILES string of the molecule is Cc1ccc(CN2CCN(CC(O)COc3ccc(OCC(O)CN4CCN(Cc5ccc(C)cc5)CC4)cc3)CC2)cc1. The highest BCUT2D eigenvalue weighted by Crippen LogP contribution is 2.19. The predicted molar refractivity (Wildman–Crippen MR) is 175 cm³/mol. The van der Waals surface area contributed by atoms with Crippen molar-refractivity contribution in [1.29, 1.82) is 0 Å². The zero-order valence-electron chi connectivity index (χ0n) is 26.5. The first-order valence-electron chi connectivity index (χ1n) is 16.1. The molecule has 238 valence electrons.